The molecule has 0 saturated heterocycles. The molecule has 7 heteroatoms. The minimum Gasteiger partial charge on any atom is -0.481 e. The summed E-state index contributed by atoms with van der Waals surface area (Å²) in [7, 11) is 0. The van der Waals surface area contributed by atoms with Crippen molar-refractivity contribution >= 4 is 5.97 Å². The minimum atomic E-state index is -4.77. The van der Waals surface area contributed by atoms with E-state index in [1.807, 2.05) is 6.92 Å². The van der Waals surface area contributed by atoms with E-state index in [9.17, 15) is 18.0 Å². The summed E-state index contributed by atoms with van der Waals surface area (Å²) in [5, 5.41) is 12.6. The third-order valence-electron chi connectivity index (χ3n) is 2.93. The van der Waals surface area contributed by atoms with Crippen LogP contribution in [0.5, 0.6) is 0 Å². The van der Waals surface area contributed by atoms with E-state index in [1.165, 1.54) is 0 Å². The number of rotatable bonds is 4. The van der Waals surface area contributed by atoms with Gasteiger partial charge >= 0.3 is 12.1 Å². The van der Waals surface area contributed by atoms with Crippen LogP contribution >= 0.6 is 0 Å². The van der Waals surface area contributed by atoms with E-state index in [4.69, 9.17) is 5.11 Å². The quantitative estimate of drug-likeness (QED) is 0.908. The Morgan fingerprint density at radius 3 is 2.33 bits per heavy atom. The molecular formula is C11H15F3N2O2. The third kappa shape index (κ3) is 2.83. The van der Waals surface area contributed by atoms with Crippen molar-refractivity contribution < 1.29 is 23.1 Å². The maximum absolute atomic E-state index is 12.6. The normalized spacial score (nSPS) is 13.7. The van der Waals surface area contributed by atoms with Gasteiger partial charge in [-0.15, -0.1) is 0 Å². The summed E-state index contributed by atoms with van der Waals surface area (Å²) < 4.78 is 38.8. The highest BCUT2D eigenvalue weighted by Crippen LogP contribution is 2.28. The first kappa shape index (κ1) is 14.5. The maximum atomic E-state index is 12.6. The summed E-state index contributed by atoms with van der Waals surface area (Å²) in [5.74, 6) is -4.31. The van der Waals surface area contributed by atoms with Gasteiger partial charge in [-0.05, 0) is 25.8 Å². The lowest BCUT2D eigenvalue weighted by Gasteiger charge is -2.16. The van der Waals surface area contributed by atoms with Crippen molar-refractivity contribution in [3.8, 4) is 0 Å². The van der Waals surface area contributed by atoms with Crippen LogP contribution in [0.1, 0.15) is 23.9 Å². The number of alkyl halides is 3. The minimum absolute atomic E-state index is 0.588. The second-order valence-electron chi connectivity index (χ2n) is 4.12. The van der Waals surface area contributed by atoms with Crippen molar-refractivity contribution in [3.05, 3.63) is 17.0 Å². The SMILES string of the molecule is CCc1c(C)nn(CC(C(=O)O)C(F)(F)F)c1C. The van der Waals surface area contributed by atoms with Crippen molar-refractivity contribution in [1.82, 2.24) is 9.78 Å². The Balaban J connectivity index is 3.06. The van der Waals surface area contributed by atoms with E-state index in [1.54, 1.807) is 13.8 Å². The molecule has 102 valence electrons. The van der Waals surface area contributed by atoms with E-state index in [0.717, 1.165) is 10.2 Å². The maximum Gasteiger partial charge on any atom is 0.404 e. The summed E-state index contributed by atoms with van der Waals surface area (Å²) in [6, 6.07) is 0. The lowest BCUT2D eigenvalue weighted by Crippen LogP contribution is -2.34. The van der Waals surface area contributed by atoms with Crippen molar-refractivity contribution in [2.75, 3.05) is 0 Å². The average Bonchev–Trinajstić information content (AvgIpc) is 2.48. The summed E-state index contributed by atoms with van der Waals surface area (Å²) in [6.07, 6.45) is -4.12. The molecule has 4 nitrogen and oxygen atoms in total. The number of aromatic nitrogens is 2. The highest BCUT2D eigenvalue weighted by Gasteiger charge is 2.45. The van der Waals surface area contributed by atoms with Crippen LogP contribution in [-0.2, 0) is 17.8 Å². The number of hydrogen-bond donors (Lipinski definition) is 1. The summed E-state index contributed by atoms with van der Waals surface area (Å²) in [4.78, 5) is 10.7. The molecule has 1 aromatic rings. The molecule has 0 amide bonds. The Morgan fingerprint density at radius 1 is 1.44 bits per heavy atom. The molecule has 1 atom stereocenters. The number of carboxylic acid groups (broad SMARTS) is 1. The summed E-state index contributed by atoms with van der Waals surface area (Å²) in [5.41, 5.74) is 2.09. The predicted molar refractivity (Wildman–Crippen MR) is 58.3 cm³/mol. The van der Waals surface area contributed by atoms with Crippen molar-refractivity contribution in [1.29, 1.82) is 0 Å². The van der Waals surface area contributed by atoms with E-state index >= 15 is 0 Å². The molecule has 0 saturated carbocycles. The van der Waals surface area contributed by atoms with Gasteiger partial charge in [-0.2, -0.15) is 18.3 Å². The van der Waals surface area contributed by atoms with Crippen LogP contribution in [0.4, 0.5) is 13.2 Å². The van der Waals surface area contributed by atoms with E-state index in [-0.39, 0.29) is 0 Å². The molecule has 0 aromatic carbocycles. The summed E-state index contributed by atoms with van der Waals surface area (Å²) >= 11 is 0. The predicted octanol–water partition coefficient (Wildman–Crippen LogP) is 2.33. The zero-order valence-corrected chi connectivity index (χ0v) is 10.4. The molecule has 1 N–H and O–H groups in total. The Morgan fingerprint density at radius 2 is 2.00 bits per heavy atom. The smallest absolute Gasteiger partial charge is 0.404 e. The van der Waals surface area contributed by atoms with Crippen LogP contribution in [0.2, 0.25) is 0 Å². The fourth-order valence-electron chi connectivity index (χ4n) is 1.92. The molecule has 1 heterocycles. The van der Waals surface area contributed by atoms with Crippen molar-refractivity contribution in [2.45, 2.75) is 39.9 Å². The molecule has 0 radical (unpaired) electrons. The molecule has 0 aliphatic heterocycles. The zero-order valence-electron chi connectivity index (χ0n) is 10.4. The molecular weight excluding hydrogens is 249 g/mol. The van der Waals surface area contributed by atoms with Crippen LogP contribution in [0.3, 0.4) is 0 Å². The van der Waals surface area contributed by atoms with Gasteiger partial charge in [0.15, 0.2) is 5.92 Å². The first-order valence-corrected chi connectivity index (χ1v) is 5.50. The number of carboxylic acids is 1. The number of aryl methyl sites for hydroxylation is 1. The number of nitrogens with zero attached hydrogens (tertiary/aromatic N) is 2. The molecule has 1 unspecified atom stereocenters. The van der Waals surface area contributed by atoms with Crippen molar-refractivity contribution in [2.24, 2.45) is 5.92 Å². The largest absolute Gasteiger partial charge is 0.481 e. The monoisotopic (exact) mass is 264 g/mol. The molecule has 0 spiro atoms. The topological polar surface area (TPSA) is 55.1 Å². The molecule has 1 aromatic heterocycles. The molecule has 0 aliphatic rings. The molecule has 1 rings (SSSR count). The molecule has 0 bridgehead atoms. The molecule has 0 fully saturated rings. The van der Waals surface area contributed by atoms with Gasteiger partial charge in [-0.1, -0.05) is 6.92 Å². The van der Waals surface area contributed by atoms with E-state index < -0.39 is 24.6 Å². The molecule has 18 heavy (non-hydrogen) atoms. The highest BCUT2D eigenvalue weighted by molar-refractivity contribution is 5.70. The van der Waals surface area contributed by atoms with Crippen LogP contribution < -0.4 is 0 Å². The zero-order chi connectivity index (χ0) is 14.1. The van der Waals surface area contributed by atoms with Crippen LogP contribution in [0.15, 0.2) is 0 Å². The third-order valence-corrected chi connectivity index (χ3v) is 2.93. The number of halogens is 3. The standard InChI is InChI=1S/C11H15F3N2O2/c1-4-8-6(2)15-16(7(8)3)5-9(10(17)18)11(12,13)14/h9H,4-5H2,1-3H3,(H,17,18). The fraction of sp³-hybridized carbons (Fsp3) is 0.636. The highest BCUT2D eigenvalue weighted by atomic mass is 19.4. The van der Waals surface area contributed by atoms with Gasteiger partial charge in [-0.3, -0.25) is 9.48 Å². The van der Waals surface area contributed by atoms with Gasteiger partial charge in [0.2, 0.25) is 0 Å². The first-order valence-electron chi connectivity index (χ1n) is 5.50. The average molecular weight is 264 g/mol. The first-order chi connectivity index (χ1) is 8.18. The van der Waals surface area contributed by atoms with Gasteiger partial charge < -0.3 is 5.11 Å². The second kappa shape index (κ2) is 4.99. The van der Waals surface area contributed by atoms with Crippen molar-refractivity contribution in [3.63, 3.8) is 0 Å². The Hall–Kier alpha value is -1.53. The molecule has 0 aliphatic carbocycles. The van der Waals surface area contributed by atoms with Gasteiger partial charge in [0, 0.05) is 5.69 Å². The van der Waals surface area contributed by atoms with Gasteiger partial charge in [0.25, 0.3) is 0 Å². The van der Waals surface area contributed by atoms with Crippen LogP contribution in [0.25, 0.3) is 0 Å². The lowest BCUT2D eigenvalue weighted by molar-refractivity contribution is -0.196. The van der Waals surface area contributed by atoms with E-state index in [2.05, 4.69) is 5.10 Å². The summed E-state index contributed by atoms with van der Waals surface area (Å²) in [6.45, 7) is 4.53. The Kier molecular flexibility index (Phi) is 4.03. The van der Waals surface area contributed by atoms with Crippen LogP contribution in [0, 0.1) is 19.8 Å². The van der Waals surface area contributed by atoms with Gasteiger partial charge in [-0.25, -0.2) is 0 Å². The van der Waals surface area contributed by atoms with E-state index in [0.29, 0.717) is 17.8 Å². The van der Waals surface area contributed by atoms with Gasteiger partial charge in [0.05, 0.1) is 12.2 Å². The fourth-order valence-corrected chi connectivity index (χ4v) is 1.92. The second-order valence-corrected chi connectivity index (χ2v) is 4.12. The van der Waals surface area contributed by atoms with Crippen LogP contribution in [-0.4, -0.2) is 27.0 Å². The van der Waals surface area contributed by atoms with Gasteiger partial charge in [0.1, 0.15) is 0 Å². The lowest BCUT2D eigenvalue weighted by atomic mass is 10.1. The number of hydrogen-bond acceptors (Lipinski definition) is 2. The number of aliphatic carboxylic acids is 1. The Bertz CT molecular complexity index is 452. The number of carbonyl (C=O) groups is 1. The Labute approximate surface area is 102 Å².